The third kappa shape index (κ3) is 5.20. The Morgan fingerprint density at radius 1 is 1.05 bits per heavy atom. The largest absolute Gasteiger partial charge is 0.465 e. The third-order valence-electron chi connectivity index (χ3n) is 5.88. The minimum Gasteiger partial charge on any atom is -0.465 e. The van der Waals surface area contributed by atoms with Gasteiger partial charge in [-0.15, -0.1) is 0 Å². The lowest BCUT2D eigenvalue weighted by Gasteiger charge is -2.28. The molecule has 1 saturated heterocycles. The molecule has 4 rings (SSSR count). The molecule has 0 saturated carbocycles. The second-order valence-electron chi connectivity index (χ2n) is 8.19. The highest BCUT2D eigenvalue weighted by molar-refractivity contribution is 6.23. The number of hydrogen-bond donors (Lipinski definition) is 0. The third-order valence-corrected chi connectivity index (χ3v) is 5.88. The van der Waals surface area contributed by atoms with Crippen LogP contribution in [-0.4, -0.2) is 46.7 Å². The van der Waals surface area contributed by atoms with E-state index in [9.17, 15) is 33.7 Å². The quantitative estimate of drug-likeness (QED) is 0.208. The van der Waals surface area contributed by atoms with Gasteiger partial charge in [0.2, 0.25) is 5.91 Å². The van der Waals surface area contributed by atoms with Gasteiger partial charge in [0, 0.05) is 24.2 Å². The molecule has 1 fully saturated rings. The van der Waals surface area contributed by atoms with Crippen LogP contribution < -0.4 is 4.90 Å². The van der Waals surface area contributed by atoms with Crippen molar-refractivity contribution in [2.75, 3.05) is 12.0 Å². The topological polar surface area (TPSA) is 127 Å². The van der Waals surface area contributed by atoms with Gasteiger partial charge in [0.15, 0.2) is 0 Å². The van der Waals surface area contributed by atoms with Crippen LogP contribution in [0.5, 0.6) is 0 Å². The Bertz CT molecular complexity index is 1390. The summed E-state index contributed by atoms with van der Waals surface area (Å²) in [6.45, 7) is -0.152. The highest BCUT2D eigenvalue weighted by Crippen LogP contribution is 2.29. The van der Waals surface area contributed by atoms with Crippen LogP contribution in [0.1, 0.15) is 32.7 Å². The van der Waals surface area contributed by atoms with Gasteiger partial charge in [0.05, 0.1) is 29.7 Å². The number of methoxy groups -OCH3 is 1. The van der Waals surface area contributed by atoms with Crippen LogP contribution in [0.4, 0.5) is 15.8 Å². The van der Waals surface area contributed by atoms with Crippen molar-refractivity contribution in [1.29, 1.82) is 0 Å². The van der Waals surface area contributed by atoms with Gasteiger partial charge >= 0.3 is 5.97 Å². The zero-order valence-electron chi connectivity index (χ0n) is 19.5. The average Bonchev–Trinajstić information content (AvgIpc) is 3.20. The van der Waals surface area contributed by atoms with Crippen molar-refractivity contribution in [3.05, 3.63) is 105 Å². The Balaban J connectivity index is 1.68. The Hall–Kier alpha value is -4.93. The SMILES string of the molecule is COC(=O)c1ccc(N2C(=O)CC(N(Cc3ccc(F)cc3)C(=O)c3cccc([N+](=O)[O-])c3)C2=O)cc1. The van der Waals surface area contributed by atoms with Crippen LogP contribution in [0.15, 0.2) is 72.8 Å². The molecule has 3 aromatic carbocycles. The van der Waals surface area contributed by atoms with Gasteiger partial charge in [-0.25, -0.2) is 14.1 Å². The summed E-state index contributed by atoms with van der Waals surface area (Å²) in [5.41, 5.74) is 0.558. The number of nitro benzene ring substituents is 1. The number of hydrogen-bond acceptors (Lipinski definition) is 7. The number of imide groups is 1. The molecule has 1 heterocycles. The highest BCUT2D eigenvalue weighted by Gasteiger charge is 2.44. The maximum atomic E-state index is 13.5. The van der Waals surface area contributed by atoms with E-state index in [0.29, 0.717) is 5.56 Å². The van der Waals surface area contributed by atoms with Crippen molar-refractivity contribution in [2.45, 2.75) is 19.0 Å². The van der Waals surface area contributed by atoms with Gasteiger partial charge in [0.1, 0.15) is 11.9 Å². The number of rotatable bonds is 7. The Labute approximate surface area is 210 Å². The standard InChI is InChI=1S/C26H20FN3O7/c1-37-26(34)17-7-11-20(12-8-17)29-23(31)14-22(25(29)33)28(15-16-5-9-19(27)10-6-16)24(32)18-3-2-4-21(13-18)30(35)36/h2-13,22H,14-15H2,1H3. The van der Waals surface area contributed by atoms with Crippen LogP contribution >= 0.6 is 0 Å². The molecule has 1 aliphatic heterocycles. The molecule has 0 aromatic heterocycles. The fourth-order valence-corrected chi connectivity index (χ4v) is 4.02. The summed E-state index contributed by atoms with van der Waals surface area (Å²) in [6.07, 6.45) is -0.334. The number of amides is 3. The summed E-state index contributed by atoms with van der Waals surface area (Å²) in [4.78, 5) is 64.2. The molecule has 1 atom stereocenters. The number of benzene rings is 3. The van der Waals surface area contributed by atoms with Crippen molar-refractivity contribution in [3.63, 3.8) is 0 Å². The van der Waals surface area contributed by atoms with Crippen molar-refractivity contribution in [1.82, 2.24) is 4.90 Å². The van der Waals surface area contributed by atoms with E-state index in [4.69, 9.17) is 0 Å². The zero-order chi connectivity index (χ0) is 26.7. The molecule has 10 nitrogen and oxygen atoms in total. The van der Waals surface area contributed by atoms with E-state index in [1.165, 1.54) is 73.8 Å². The lowest BCUT2D eigenvalue weighted by molar-refractivity contribution is -0.384. The van der Waals surface area contributed by atoms with Crippen molar-refractivity contribution < 1.29 is 33.2 Å². The number of halogens is 1. The molecule has 3 aromatic rings. The number of carbonyl (C=O) groups is 4. The first-order chi connectivity index (χ1) is 17.7. The lowest BCUT2D eigenvalue weighted by Crippen LogP contribution is -2.45. The van der Waals surface area contributed by atoms with Gasteiger partial charge in [-0.1, -0.05) is 18.2 Å². The minimum absolute atomic E-state index is 0.0440. The summed E-state index contributed by atoms with van der Waals surface area (Å²) in [7, 11) is 1.22. The summed E-state index contributed by atoms with van der Waals surface area (Å²) >= 11 is 0. The van der Waals surface area contributed by atoms with Crippen LogP contribution in [0.2, 0.25) is 0 Å². The maximum absolute atomic E-state index is 13.5. The molecule has 37 heavy (non-hydrogen) atoms. The van der Waals surface area contributed by atoms with Crippen LogP contribution in [-0.2, 0) is 20.9 Å². The molecule has 0 spiro atoms. The van der Waals surface area contributed by atoms with E-state index in [2.05, 4.69) is 4.74 Å². The summed E-state index contributed by atoms with van der Waals surface area (Å²) in [5.74, 6) is -3.04. The van der Waals surface area contributed by atoms with Gasteiger partial charge in [0.25, 0.3) is 17.5 Å². The van der Waals surface area contributed by atoms with Gasteiger partial charge in [-0.3, -0.25) is 24.5 Å². The smallest absolute Gasteiger partial charge is 0.337 e. The first kappa shape index (κ1) is 25.2. The highest BCUT2D eigenvalue weighted by atomic mass is 19.1. The van der Waals surface area contributed by atoms with Crippen molar-refractivity contribution in [3.8, 4) is 0 Å². The average molecular weight is 505 g/mol. The number of anilines is 1. The molecule has 11 heteroatoms. The maximum Gasteiger partial charge on any atom is 0.337 e. The van der Waals surface area contributed by atoms with E-state index in [1.54, 1.807) is 0 Å². The zero-order valence-corrected chi connectivity index (χ0v) is 19.5. The van der Waals surface area contributed by atoms with Gasteiger partial charge < -0.3 is 9.64 Å². The monoisotopic (exact) mass is 505 g/mol. The molecule has 1 aliphatic rings. The second kappa shape index (κ2) is 10.4. The lowest BCUT2D eigenvalue weighted by atomic mass is 10.1. The fraction of sp³-hybridized carbons (Fsp3) is 0.154. The molecular weight excluding hydrogens is 485 g/mol. The first-order valence-corrected chi connectivity index (χ1v) is 11.0. The molecule has 0 radical (unpaired) electrons. The van der Waals surface area contributed by atoms with E-state index in [0.717, 1.165) is 15.9 Å². The molecular formula is C26H20FN3O7. The normalized spacial score (nSPS) is 15.0. The number of esters is 1. The predicted molar refractivity (Wildman–Crippen MR) is 128 cm³/mol. The number of ether oxygens (including phenoxy) is 1. The first-order valence-electron chi connectivity index (χ1n) is 11.0. The molecule has 188 valence electrons. The van der Waals surface area contributed by atoms with Crippen LogP contribution in [0, 0.1) is 15.9 Å². The number of nitro groups is 1. The van der Waals surface area contributed by atoms with E-state index < -0.39 is 40.5 Å². The predicted octanol–water partition coefficient (Wildman–Crippen LogP) is 3.50. The van der Waals surface area contributed by atoms with Crippen LogP contribution in [0.25, 0.3) is 0 Å². The van der Waals surface area contributed by atoms with Gasteiger partial charge in [-0.2, -0.15) is 0 Å². The Morgan fingerprint density at radius 2 is 1.73 bits per heavy atom. The van der Waals surface area contributed by atoms with E-state index in [-0.39, 0.29) is 35.5 Å². The molecule has 0 aliphatic carbocycles. The van der Waals surface area contributed by atoms with Crippen molar-refractivity contribution in [2.24, 2.45) is 0 Å². The molecule has 0 N–H and O–H groups in total. The number of carbonyl (C=O) groups excluding carboxylic acids is 4. The summed E-state index contributed by atoms with van der Waals surface area (Å²) in [5, 5.41) is 11.2. The Kier molecular flexibility index (Phi) is 7.05. The number of nitrogens with zero attached hydrogens (tertiary/aromatic N) is 3. The fourth-order valence-electron chi connectivity index (χ4n) is 4.02. The van der Waals surface area contributed by atoms with Crippen LogP contribution in [0.3, 0.4) is 0 Å². The molecule has 3 amide bonds. The van der Waals surface area contributed by atoms with Crippen molar-refractivity contribution >= 4 is 35.1 Å². The van der Waals surface area contributed by atoms with Gasteiger partial charge in [-0.05, 0) is 48.0 Å². The summed E-state index contributed by atoms with van der Waals surface area (Å²) in [6, 6.07) is 14.7. The Morgan fingerprint density at radius 3 is 2.35 bits per heavy atom. The molecule has 0 bridgehead atoms. The molecule has 1 unspecified atom stereocenters. The second-order valence-corrected chi connectivity index (χ2v) is 8.19. The summed E-state index contributed by atoms with van der Waals surface area (Å²) < 4.78 is 18.1. The van der Waals surface area contributed by atoms with E-state index in [1.807, 2.05) is 0 Å². The van der Waals surface area contributed by atoms with E-state index >= 15 is 0 Å². The minimum atomic E-state index is -1.22. The number of non-ortho nitro benzene ring substituents is 1.